The van der Waals surface area contributed by atoms with Crippen molar-refractivity contribution in [2.24, 2.45) is 0 Å². The quantitative estimate of drug-likeness (QED) is 0.728. The first kappa shape index (κ1) is 15.9. The maximum atomic E-state index is 12.5. The first-order valence-electron chi connectivity index (χ1n) is 8.45. The number of carbonyl (C=O) groups is 1. The van der Waals surface area contributed by atoms with E-state index in [-0.39, 0.29) is 12.3 Å². The van der Waals surface area contributed by atoms with Gasteiger partial charge in [0.1, 0.15) is 0 Å². The summed E-state index contributed by atoms with van der Waals surface area (Å²) in [7, 11) is 1.32. The van der Waals surface area contributed by atoms with Crippen molar-refractivity contribution in [2.45, 2.75) is 31.9 Å². The summed E-state index contributed by atoms with van der Waals surface area (Å²) < 4.78 is 6.77. The number of methoxy groups -OCH3 is 1. The summed E-state index contributed by atoms with van der Waals surface area (Å²) in [5.41, 5.74) is 3.43. The molecule has 0 saturated carbocycles. The van der Waals surface area contributed by atoms with Gasteiger partial charge in [-0.3, -0.25) is 0 Å². The first-order valence-corrected chi connectivity index (χ1v) is 8.45. The number of carbonyl (C=O) groups excluding carboxylic acids is 1. The van der Waals surface area contributed by atoms with E-state index < -0.39 is 11.7 Å². The van der Waals surface area contributed by atoms with Crippen LogP contribution in [0.1, 0.15) is 34.7 Å². The lowest BCUT2D eigenvalue weighted by atomic mass is 9.89. The van der Waals surface area contributed by atoms with Crippen molar-refractivity contribution in [3.8, 4) is 0 Å². The van der Waals surface area contributed by atoms with Gasteiger partial charge in [0, 0.05) is 23.4 Å². The summed E-state index contributed by atoms with van der Waals surface area (Å²) in [6.07, 6.45) is 0.282. The van der Waals surface area contributed by atoms with Crippen LogP contribution in [-0.2, 0) is 15.3 Å². The van der Waals surface area contributed by atoms with Gasteiger partial charge in [-0.2, -0.15) is 0 Å². The van der Waals surface area contributed by atoms with Gasteiger partial charge >= 0.3 is 5.97 Å². The van der Waals surface area contributed by atoms with Crippen molar-refractivity contribution in [3.63, 3.8) is 0 Å². The summed E-state index contributed by atoms with van der Waals surface area (Å²) in [6.45, 7) is 4.06. The minimum absolute atomic E-state index is 0.0582. The third-order valence-corrected chi connectivity index (χ3v) is 5.39. The Morgan fingerprint density at radius 2 is 1.88 bits per heavy atom. The highest BCUT2D eigenvalue weighted by Gasteiger charge is 2.51. The van der Waals surface area contributed by atoms with Crippen LogP contribution in [0.15, 0.2) is 48.5 Å². The summed E-state index contributed by atoms with van der Waals surface area (Å²) in [5.74, 6) is -0.676. The number of aliphatic hydroxyl groups is 1. The molecular formula is C21H21NO3. The molecule has 25 heavy (non-hydrogen) atoms. The van der Waals surface area contributed by atoms with Crippen LogP contribution in [0.25, 0.3) is 10.9 Å². The molecule has 4 rings (SSSR count). The molecular weight excluding hydrogens is 314 g/mol. The molecule has 0 radical (unpaired) electrons. The van der Waals surface area contributed by atoms with Crippen molar-refractivity contribution >= 4 is 16.9 Å². The number of aryl methyl sites for hydroxylation is 2. The fourth-order valence-electron chi connectivity index (χ4n) is 4.26. The number of para-hydroxylation sites is 1. The Morgan fingerprint density at radius 1 is 1.16 bits per heavy atom. The van der Waals surface area contributed by atoms with Crippen LogP contribution in [-0.4, -0.2) is 22.8 Å². The average molecular weight is 335 g/mol. The molecule has 0 amide bonds. The molecule has 2 atom stereocenters. The highest BCUT2D eigenvalue weighted by Crippen LogP contribution is 2.49. The van der Waals surface area contributed by atoms with E-state index in [1.165, 1.54) is 7.11 Å². The molecule has 0 fully saturated rings. The zero-order valence-corrected chi connectivity index (χ0v) is 14.6. The molecule has 4 nitrogen and oxygen atoms in total. The van der Waals surface area contributed by atoms with E-state index in [2.05, 4.69) is 6.92 Å². The standard InChI is InChI=1S/C21H21NO3/c1-13-8-7-11-16-14(2)19-17(15-9-5-4-6-10-15)12-21(24,20(23)25-3)22(19)18(13)16/h4-11,17,24H,12H2,1-3H3/t17-,21+/m0/s1. The zero-order valence-electron chi connectivity index (χ0n) is 14.6. The van der Waals surface area contributed by atoms with E-state index in [0.717, 1.165) is 33.3 Å². The fraction of sp³-hybridized carbons (Fsp3) is 0.286. The summed E-state index contributed by atoms with van der Waals surface area (Å²) in [5, 5.41) is 12.4. The number of rotatable bonds is 2. The van der Waals surface area contributed by atoms with Crippen molar-refractivity contribution in [3.05, 3.63) is 70.9 Å². The molecule has 2 heterocycles. The van der Waals surface area contributed by atoms with E-state index in [9.17, 15) is 9.90 Å². The van der Waals surface area contributed by atoms with Crippen LogP contribution in [0.2, 0.25) is 0 Å². The van der Waals surface area contributed by atoms with Crippen LogP contribution in [0.3, 0.4) is 0 Å². The molecule has 0 bridgehead atoms. The number of nitrogens with zero attached hydrogens (tertiary/aromatic N) is 1. The normalized spacial score (nSPS) is 22.2. The van der Waals surface area contributed by atoms with Crippen molar-refractivity contribution in [1.82, 2.24) is 4.57 Å². The number of esters is 1. The van der Waals surface area contributed by atoms with Crippen molar-refractivity contribution in [2.75, 3.05) is 7.11 Å². The molecule has 0 saturated heterocycles. The number of hydrogen-bond acceptors (Lipinski definition) is 3. The second-order valence-electron chi connectivity index (χ2n) is 6.79. The maximum Gasteiger partial charge on any atom is 0.359 e. The topological polar surface area (TPSA) is 51.5 Å². The first-order chi connectivity index (χ1) is 12.0. The molecule has 0 spiro atoms. The number of benzene rings is 2. The van der Waals surface area contributed by atoms with E-state index in [0.29, 0.717) is 0 Å². The molecule has 1 aliphatic rings. The monoisotopic (exact) mass is 335 g/mol. The molecule has 128 valence electrons. The number of ether oxygens (including phenoxy) is 1. The Morgan fingerprint density at radius 3 is 2.56 bits per heavy atom. The van der Waals surface area contributed by atoms with Crippen molar-refractivity contribution in [1.29, 1.82) is 0 Å². The summed E-state index contributed by atoms with van der Waals surface area (Å²) >= 11 is 0. The lowest BCUT2D eigenvalue weighted by Gasteiger charge is -2.24. The van der Waals surface area contributed by atoms with Crippen LogP contribution in [0, 0.1) is 13.8 Å². The predicted molar refractivity (Wildman–Crippen MR) is 96.5 cm³/mol. The lowest BCUT2D eigenvalue weighted by Crippen LogP contribution is -2.40. The van der Waals surface area contributed by atoms with Crippen LogP contribution in [0.4, 0.5) is 0 Å². The summed E-state index contributed by atoms with van der Waals surface area (Å²) in [6, 6.07) is 16.1. The van der Waals surface area contributed by atoms with Gasteiger partial charge in [0.15, 0.2) is 0 Å². The fourth-order valence-corrected chi connectivity index (χ4v) is 4.26. The Labute approximate surface area is 146 Å². The Bertz CT molecular complexity index is 974. The largest absolute Gasteiger partial charge is 0.465 e. The smallest absolute Gasteiger partial charge is 0.359 e. The third kappa shape index (κ3) is 2.07. The van der Waals surface area contributed by atoms with Crippen LogP contribution >= 0.6 is 0 Å². The highest BCUT2D eigenvalue weighted by molar-refractivity contribution is 5.92. The minimum Gasteiger partial charge on any atom is -0.465 e. The van der Waals surface area contributed by atoms with Crippen molar-refractivity contribution < 1.29 is 14.6 Å². The molecule has 0 aliphatic carbocycles. The minimum atomic E-state index is -1.69. The summed E-state index contributed by atoms with van der Waals surface area (Å²) in [4.78, 5) is 12.5. The van der Waals surface area contributed by atoms with Crippen LogP contribution < -0.4 is 0 Å². The number of aromatic nitrogens is 1. The molecule has 4 heteroatoms. The SMILES string of the molecule is COC(=O)[C@]1(O)C[C@@H](c2ccccc2)c2c(C)c3cccc(C)c3n21. The second-order valence-corrected chi connectivity index (χ2v) is 6.79. The zero-order chi connectivity index (χ0) is 17.8. The molecule has 2 aromatic carbocycles. The van der Waals surface area contributed by atoms with Crippen LogP contribution in [0.5, 0.6) is 0 Å². The average Bonchev–Trinajstić information content (AvgIpc) is 3.11. The van der Waals surface area contributed by atoms with Gasteiger partial charge in [-0.1, -0.05) is 48.5 Å². The highest BCUT2D eigenvalue weighted by atomic mass is 16.5. The molecule has 1 N–H and O–H groups in total. The molecule has 3 aromatic rings. The second kappa shape index (κ2) is 5.46. The predicted octanol–water partition coefficient (Wildman–Crippen LogP) is 3.61. The van der Waals surface area contributed by atoms with E-state index >= 15 is 0 Å². The Hall–Kier alpha value is -2.59. The van der Waals surface area contributed by atoms with Gasteiger partial charge in [-0.05, 0) is 30.5 Å². The molecule has 0 unspecified atom stereocenters. The van der Waals surface area contributed by atoms with Gasteiger partial charge in [0.25, 0.3) is 0 Å². The Balaban J connectivity index is 2.08. The van der Waals surface area contributed by atoms with Gasteiger partial charge in [0.05, 0.1) is 12.6 Å². The lowest BCUT2D eigenvalue weighted by molar-refractivity contribution is -0.172. The van der Waals surface area contributed by atoms with E-state index in [1.807, 2.05) is 55.5 Å². The third-order valence-electron chi connectivity index (χ3n) is 5.39. The van der Waals surface area contributed by atoms with E-state index in [1.54, 1.807) is 4.57 Å². The number of hydrogen-bond donors (Lipinski definition) is 1. The van der Waals surface area contributed by atoms with E-state index in [4.69, 9.17) is 4.74 Å². The van der Waals surface area contributed by atoms with Gasteiger partial charge in [-0.25, -0.2) is 4.79 Å². The molecule has 1 aliphatic heterocycles. The molecule has 1 aromatic heterocycles. The Kier molecular flexibility index (Phi) is 3.48. The number of fused-ring (bicyclic) bond motifs is 3. The van der Waals surface area contributed by atoms with Gasteiger partial charge in [0.2, 0.25) is 5.72 Å². The van der Waals surface area contributed by atoms with Gasteiger partial charge < -0.3 is 14.4 Å². The maximum absolute atomic E-state index is 12.5. The van der Waals surface area contributed by atoms with Gasteiger partial charge in [-0.15, -0.1) is 0 Å².